The fourth-order valence-electron chi connectivity index (χ4n) is 3.28. The van der Waals surface area contributed by atoms with Crippen LogP contribution in [0, 0.1) is 6.92 Å². The van der Waals surface area contributed by atoms with E-state index in [1.54, 1.807) is 37.3 Å². The molecule has 1 heterocycles. The smallest absolute Gasteiger partial charge is 0.328 e. The Kier molecular flexibility index (Phi) is 5.59. The predicted molar refractivity (Wildman–Crippen MR) is 113 cm³/mol. The highest BCUT2D eigenvalue weighted by molar-refractivity contribution is 6.30. The number of carboxylic acid groups (broad SMARTS) is 1. The number of carboxylic acids is 1. The van der Waals surface area contributed by atoms with Gasteiger partial charge in [-0.1, -0.05) is 11.6 Å². The maximum atomic E-state index is 13.2. The van der Waals surface area contributed by atoms with Gasteiger partial charge in [-0.05, 0) is 68.8 Å². The molecule has 156 valence electrons. The second-order valence-electron chi connectivity index (χ2n) is 7.57. The van der Waals surface area contributed by atoms with Crippen LogP contribution in [-0.4, -0.2) is 38.1 Å². The number of nitrogens with one attached hydrogen (secondary N) is 1. The number of carbonyl (C=O) groups excluding carboxylic acids is 2. The predicted octanol–water partition coefficient (Wildman–Crippen LogP) is 3.52. The van der Waals surface area contributed by atoms with E-state index in [1.165, 1.54) is 30.5 Å². The summed E-state index contributed by atoms with van der Waals surface area (Å²) >= 11 is 5.91. The molecule has 1 amide bonds. The number of benzene rings is 2. The fourth-order valence-corrected chi connectivity index (χ4v) is 3.41. The van der Waals surface area contributed by atoms with Gasteiger partial charge < -0.3 is 15.5 Å². The Balaban J connectivity index is 2.07. The zero-order chi connectivity index (χ0) is 22.2. The third-order valence-electron chi connectivity index (χ3n) is 4.94. The van der Waals surface area contributed by atoms with Crippen LogP contribution in [0.1, 0.15) is 35.5 Å². The van der Waals surface area contributed by atoms with E-state index in [2.05, 4.69) is 5.32 Å². The molecule has 3 aromatic rings. The van der Waals surface area contributed by atoms with Crippen LogP contribution < -0.4 is 5.32 Å². The third kappa shape index (κ3) is 4.02. The highest BCUT2D eigenvalue weighted by Crippen LogP contribution is 2.30. The summed E-state index contributed by atoms with van der Waals surface area (Å²) in [6, 6.07) is 11.0. The number of phenols is 1. The van der Waals surface area contributed by atoms with Crippen molar-refractivity contribution in [2.45, 2.75) is 32.7 Å². The lowest BCUT2D eigenvalue weighted by atomic mass is 10.0. The first kappa shape index (κ1) is 21.4. The van der Waals surface area contributed by atoms with Gasteiger partial charge >= 0.3 is 5.97 Å². The van der Waals surface area contributed by atoms with Crippen LogP contribution in [0.15, 0.2) is 42.5 Å². The number of aromatic nitrogens is 1. The number of halogens is 1. The van der Waals surface area contributed by atoms with Gasteiger partial charge in [0, 0.05) is 21.7 Å². The molecule has 2 aromatic carbocycles. The van der Waals surface area contributed by atoms with Crippen LogP contribution in [0.3, 0.4) is 0 Å². The van der Waals surface area contributed by atoms with Crippen molar-refractivity contribution < 1.29 is 24.6 Å². The molecule has 0 bridgehead atoms. The van der Waals surface area contributed by atoms with Crippen molar-refractivity contribution in [1.29, 1.82) is 0 Å². The van der Waals surface area contributed by atoms with E-state index in [4.69, 9.17) is 11.6 Å². The number of hydrogen-bond donors (Lipinski definition) is 3. The molecule has 0 atom stereocenters. The maximum Gasteiger partial charge on any atom is 0.328 e. The van der Waals surface area contributed by atoms with Crippen LogP contribution >= 0.6 is 11.6 Å². The zero-order valence-electron chi connectivity index (χ0n) is 16.7. The minimum absolute atomic E-state index is 0.00823. The van der Waals surface area contributed by atoms with Gasteiger partial charge in [0.15, 0.2) is 0 Å². The minimum atomic E-state index is -1.44. The van der Waals surface area contributed by atoms with Crippen molar-refractivity contribution >= 4 is 40.3 Å². The Morgan fingerprint density at radius 1 is 1.10 bits per heavy atom. The quantitative estimate of drug-likeness (QED) is 0.576. The molecule has 3 rings (SSSR count). The molecule has 3 N–H and O–H groups in total. The number of aromatic hydroxyl groups is 1. The number of aliphatic carboxylic acids is 1. The first-order chi connectivity index (χ1) is 14.0. The molecule has 0 aliphatic carbocycles. The lowest BCUT2D eigenvalue weighted by molar-refractivity contribution is -0.145. The average molecular weight is 429 g/mol. The molecule has 0 radical (unpaired) electrons. The maximum absolute atomic E-state index is 13.2. The fraction of sp³-hybridized carbons (Fsp3) is 0.227. The van der Waals surface area contributed by atoms with Crippen LogP contribution in [0.4, 0.5) is 0 Å². The molecule has 1 aromatic heterocycles. The third-order valence-corrected chi connectivity index (χ3v) is 5.19. The number of phenolic OH excluding ortho intramolecular Hbond substituents is 1. The van der Waals surface area contributed by atoms with E-state index < -0.39 is 17.4 Å². The molecule has 0 aliphatic rings. The van der Waals surface area contributed by atoms with Crippen molar-refractivity contribution in [3.63, 3.8) is 0 Å². The molecule has 0 saturated heterocycles. The van der Waals surface area contributed by atoms with Gasteiger partial charge in [0.25, 0.3) is 5.91 Å². The number of amides is 1. The highest BCUT2D eigenvalue weighted by atomic mass is 35.5. The van der Waals surface area contributed by atoms with E-state index in [0.717, 1.165) is 0 Å². The standard InChI is InChI=1S/C22H21ClN2O5/c1-12-16(11-19(27)24-22(2,3)21(29)30)17-10-15(26)8-9-18(17)25(12)20(28)13-4-6-14(23)7-5-13/h4-10,26H,11H2,1-3H3,(H,24,27)(H,29,30). The monoisotopic (exact) mass is 428 g/mol. The molecular formula is C22H21ClN2O5. The topological polar surface area (TPSA) is 109 Å². The summed E-state index contributed by atoms with van der Waals surface area (Å²) < 4.78 is 1.48. The summed E-state index contributed by atoms with van der Waals surface area (Å²) in [6.07, 6.45) is -0.149. The average Bonchev–Trinajstić information content (AvgIpc) is 2.92. The van der Waals surface area contributed by atoms with Crippen molar-refractivity contribution in [2.24, 2.45) is 0 Å². The summed E-state index contributed by atoms with van der Waals surface area (Å²) in [7, 11) is 0. The molecule has 0 unspecified atom stereocenters. The van der Waals surface area contributed by atoms with E-state index in [9.17, 15) is 24.6 Å². The van der Waals surface area contributed by atoms with E-state index in [0.29, 0.717) is 32.7 Å². The van der Waals surface area contributed by atoms with Gasteiger partial charge in [-0.2, -0.15) is 0 Å². The van der Waals surface area contributed by atoms with Crippen LogP contribution in [0.25, 0.3) is 10.9 Å². The van der Waals surface area contributed by atoms with Gasteiger partial charge in [-0.3, -0.25) is 14.2 Å². The minimum Gasteiger partial charge on any atom is -0.508 e. The second-order valence-corrected chi connectivity index (χ2v) is 8.00. The van der Waals surface area contributed by atoms with Crippen molar-refractivity contribution in [3.05, 3.63) is 64.3 Å². The lowest BCUT2D eigenvalue weighted by Crippen LogP contribution is -2.50. The van der Waals surface area contributed by atoms with Gasteiger partial charge in [0.1, 0.15) is 11.3 Å². The number of rotatable bonds is 5. The Labute approximate surface area is 177 Å². The Bertz CT molecular complexity index is 1160. The van der Waals surface area contributed by atoms with Crippen LogP contribution in [0.5, 0.6) is 5.75 Å². The van der Waals surface area contributed by atoms with Crippen molar-refractivity contribution in [1.82, 2.24) is 9.88 Å². The highest BCUT2D eigenvalue weighted by Gasteiger charge is 2.30. The zero-order valence-corrected chi connectivity index (χ0v) is 17.4. The Hall–Kier alpha value is -3.32. The van der Waals surface area contributed by atoms with Crippen molar-refractivity contribution in [3.8, 4) is 5.75 Å². The first-order valence-corrected chi connectivity index (χ1v) is 9.56. The van der Waals surface area contributed by atoms with Gasteiger partial charge in [-0.15, -0.1) is 0 Å². The van der Waals surface area contributed by atoms with E-state index in [-0.39, 0.29) is 18.1 Å². The molecule has 0 saturated carbocycles. The van der Waals surface area contributed by atoms with Crippen LogP contribution in [-0.2, 0) is 16.0 Å². The lowest BCUT2D eigenvalue weighted by Gasteiger charge is -2.21. The normalized spacial score (nSPS) is 11.5. The molecule has 7 nitrogen and oxygen atoms in total. The van der Waals surface area contributed by atoms with Crippen molar-refractivity contribution in [2.75, 3.05) is 0 Å². The number of fused-ring (bicyclic) bond motifs is 1. The van der Waals surface area contributed by atoms with Gasteiger partial charge in [-0.25, -0.2) is 4.79 Å². The summed E-state index contributed by atoms with van der Waals surface area (Å²) in [4.78, 5) is 37.0. The van der Waals surface area contributed by atoms with E-state index in [1.807, 2.05) is 0 Å². The Morgan fingerprint density at radius 2 is 1.73 bits per heavy atom. The second kappa shape index (κ2) is 7.84. The summed E-state index contributed by atoms with van der Waals surface area (Å²) in [6.45, 7) is 4.48. The number of nitrogens with zero attached hydrogens (tertiary/aromatic N) is 1. The summed E-state index contributed by atoms with van der Waals surface area (Å²) in [5, 5.41) is 22.7. The molecule has 0 aliphatic heterocycles. The largest absolute Gasteiger partial charge is 0.508 e. The first-order valence-electron chi connectivity index (χ1n) is 9.19. The summed E-state index contributed by atoms with van der Waals surface area (Å²) in [5.74, 6) is -1.99. The molecule has 8 heteroatoms. The molecule has 0 fully saturated rings. The van der Waals surface area contributed by atoms with Crippen LogP contribution in [0.2, 0.25) is 5.02 Å². The summed E-state index contributed by atoms with van der Waals surface area (Å²) in [5.41, 5.74) is 0.562. The molecular weight excluding hydrogens is 408 g/mol. The number of hydrogen-bond acceptors (Lipinski definition) is 4. The van der Waals surface area contributed by atoms with Gasteiger partial charge in [0.2, 0.25) is 5.91 Å². The molecule has 30 heavy (non-hydrogen) atoms. The molecule has 0 spiro atoms. The van der Waals surface area contributed by atoms with Gasteiger partial charge in [0.05, 0.1) is 11.9 Å². The SMILES string of the molecule is Cc1c(CC(=O)NC(C)(C)C(=O)O)c2cc(O)ccc2n1C(=O)c1ccc(Cl)cc1. The number of carbonyl (C=O) groups is 3. The Morgan fingerprint density at radius 3 is 2.33 bits per heavy atom. The van der Waals surface area contributed by atoms with E-state index >= 15 is 0 Å².